The van der Waals surface area contributed by atoms with Crippen molar-refractivity contribution in [2.45, 2.75) is 65.5 Å². The summed E-state index contributed by atoms with van der Waals surface area (Å²) >= 11 is 1.83. The van der Waals surface area contributed by atoms with Crippen LogP contribution in [0, 0.1) is 13.8 Å². The predicted octanol–water partition coefficient (Wildman–Crippen LogP) is 5.21. The van der Waals surface area contributed by atoms with Crippen LogP contribution >= 0.6 is 11.3 Å². The molecule has 204 valence electrons. The first-order chi connectivity index (χ1) is 18.9. The van der Waals surface area contributed by atoms with Crippen molar-refractivity contribution in [2.75, 3.05) is 31.5 Å². The van der Waals surface area contributed by atoms with Crippen LogP contribution in [0.15, 0.2) is 40.2 Å². The third kappa shape index (κ3) is 5.32. The molecule has 3 aliphatic heterocycles. The number of H-pyrrole nitrogens is 1. The minimum Gasteiger partial charge on any atom is -0.381 e. The normalized spacial score (nSPS) is 17.5. The van der Waals surface area contributed by atoms with Gasteiger partial charge in [0.2, 0.25) is 0 Å². The molecule has 1 atom stereocenters. The molecular formula is C31H37N5O2S. The molecule has 1 fully saturated rings. The number of aliphatic imine (C=N–C) groups is 1. The van der Waals surface area contributed by atoms with Gasteiger partial charge in [-0.15, -0.1) is 11.3 Å². The van der Waals surface area contributed by atoms with Crippen molar-refractivity contribution < 1.29 is 4.79 Å². The number of carbonyl (C=O) groups excluding carboxylic acids is 1. The topological polar surface area (TPSA) is 80.8 Å². The highest BCUT2D eigenvalue weighted by molar-refractivity contribution is 7.12. The van der Waals surface area contributed by atoms with Crippen molar-refractivity contribution in [1.82, 2.24) is 14.8 Å². The quantitative estimate of drug-likeness (QED) is 0.388. The van der Waals surface area contributed by atoms with Gasteiger partial charge in [-0.3, -0.25) is 14.6 Å². The summed E-state index contributed by atoms with van der Waals surface area (Å²) in [7, 11) is 0. The summed E-state index contributed by atoms with van der Waals surface area (Å²) in [6, 6.07) is 8.41. The number of carbonyl (C=O) groups is 1. The summed E-state index contributed by atoms with van der Waals surface area (Å²) in [5, 5.41) is 3.57. The van der Waals surface area contributed by atoms with Gasteiger partial charge in [0.25, 0.3) is 11.5 Å². The Kier molecular flexibility index (Phi) is 7.16. The molecule has 0 aliphatic carbocycles. The average Bonchev–Trinajstić information content (AvgIpc) is 3.67. The Morgan fingerprint density at radius 2 is 1.92 bits per heavy atom. The predicted molar refractivity (Wildman–Crippen MR) is 159 cm³/mol. The maximum absolute atomic E-state index is 13.2. The number of aromatic amines is 1. The molecule has 0 spiro atoms. The van der Waals surface area contributed by atoms with Crippen LogP contribution in [0.2, 0.25) is 0 Å². The van der Waals surface area contributed by atoms with Gasteiger partial charge in [-0.2, -0.15) is 0 Å². The van der Waals surface area contributed by atoms with Crippen molar-refractivity contribution >= 4 is 34.3 Å². The van der Waals surface area contributed by atoms with Crippen LogP contribution in [0.25, 0.3) is 0 Å². The molecule has 8 heteroatoms. The Morgan fingerprint density at radius 3 is 2.69 bits per heavy atom. The molecule has 0 radical (unpaired) electrons. The molecule has 1 aromatic carbocycles. The lowest BCUT2D eigenvalue weighted by atomic mass is 10.00. The summed E-state index contributed by atoms with van der Waals surface area (Å²) in [6.45, 7) is 11.3. The van der Waals surface area contributed by atoms with Gasteiger partial charge in [0.1, 0.15) is 0 Å². The number of fused-ring (bicyclic) bond motifs is 2. The summed E-state index contributed by atoms with van der Waals surface area (Å²) in [5.41, 5.74) is 7.06. The van der Waals surface area contributed by atoms with Gasteiger partial charge in [-0.1, -0.05) is 0 Å². The van der Waals surface area contributed by atoms with Crippen LogP contribution in [0.4, 0.5) is 11.4 Å². The highest BCUT2D eigenvalue weighted by Gasteiger charge is 2.31. The average molecular weight is 544 g/mol. The van der Waals surface area contributed by atoms with E-state index in [9.17, 15) is 9.59 Å². The number of aryl methyl sites for hydroxylation is 2. The molecular weight excluding hydrogens is 506 g/mol. The number of aromatic nitrogens is 1. The van der Waals surface area contributed by atoms with Crippen LogP contribution < -0.4 is 10.9 Å². The first kappa shape index (κ1) is 26.0. The van der Waals surface area contributed by atoms with E-state index in [1.54, 1.807) is 6.20 Å². The SMILES string of the molecule is Cc1cc(CC(C)Nc2cc[nH]c(=O)c2C2=Nc3cc4c(cc3C2)C(=O)N(CCCN2CCCC2)C4)sc1C. The third-order valence-electron chi connectivity index (χ3n) is 8.27. The lowest BCUT2D eigenvalue weighted by Gasteiger charge is -2.19. The number of hydrogen-bond donors (Lipinski definition) is 2. The minimum atomic E-state index is -0.144. The van der Waals surface area contributed by atoms with Crippen molar-refractivity contribution in [1.29, 1.82) is 0 Å². The number of hydrogen-bond acceptors (Lipinski definition) is 6. The summed E-state index contributed by atoms with van der Waals surface area (Å²) in [5.74, 6) is 0.121. The largest absolute Gasteiger partial charge is 0.381 e. The van der Waals surface area contributed by atoms with Gasteiger partial charge in [0, 0.05) is 53.5 Å². The maximum Gasteiger partial charge on any atom is 0.259 e. The van der Waals surface area contributed by atoms with E-state index < -0.39 is 0 Å². The van der Waals surface area contributed by atoms with Crippen molar-refractivity contribution in [3.05, 3.63) is 78.4 Å². The summed E-state index contributed by atoms with van der Waals surface area (Å²) in [6.07, 6.45) is 6.73. The second-order valence-electron chi connectivity index (χ2n) is 11.3. The number of nitrogens with one attached hydrogen (secondary N) is 2. The summed E-state index contributed by atoms with van der Waals surface area (Å²) < 4.78 is 0. The molecule has 39 heavy (non-hydrogen) atoms. The van der Waals surface area contributed by atoms with Gasteiger partial charge in [0.15, 0.2) is 0 Å². The van der Waals surface area contributed by atoms with E-state index in [0.29, 0.717) is 18.5 Å². The third-order valence-corrected chi connectivity index (χ3v) is 9.45. The monoisotopic (exact) mass is 543 g/mol. The van der Waals surface area contributed by atoms with E-state index >= 15 is 0 Å². The number of nitrogens with zero attached hydrogens (tertiary/aromatic N) is 3. The molecule has 3 aliphatic rings. The van der Waals surface area contributed by atoms with E-state index in [0.717, 1.165) is 59.7 Å². The van der Waals surface area contributed by atoms with Gasteiger partial charge in [-0.25, -0.2) is 0 Å². The highest BCUT2D eigenvalue weighted by Crippen LogP contribution is 2.36. The minimum absolute atomic E-state index is 0.121. The molecule has 3 aromatic rings. The summed E-state index contributed by atoms with van der Waals surface area (Å²) in [4.78, 5) is 41.1. The Bertz CT molecular complexity index is 1480. The second-order valence-corrected chi connectivity index (χ2v) is 12.6. The van der Waals surface area contributed by atoms with Gasteiger partial charge >= 0.3 is 0 Å². The van der Waals surface area contributed by atoms with Crippen LogP contribution in [-0.2, 0) is 19.4 Å². The Balaban J connectivity index is 1.16. The van der Waals surface area contributed by atoms with E-state index in [-0.39, 0.29) is 17.5 Å². The number of likely N-dealkylation sites (tertiary alicyclic amines) is 1. The maximum atomic E-state index is 13.2. The van der Waals surface area contributed by atoms with E-state index in [1.807, 2.05) is 28.4 Å². The van der Waals surface area contributed by atoms with E-state index in [2.05, 4.69) is 48.1 Å². The molecule has 2 aromatic heterocycles. The zero-order valence-corrected chi connectivity index (χ0v) is 23.9. The van der Waals surface area contributed by atoms with Gasteiger partial charge in [-0.05, 0) is 101 Å². The van der Waals surface area contributed by atoms with E-state index in [1.165, 1.54) is 41.2 Å². The molecule has 1 unspecified atom stereocenters. The number of rotatable bonds is 9. The molecule has 2 N–H and O–H groups in total. The standard InChI is InChI=1S/C31H37N5O2S/c1-19-13-24(39-21(19)3)14-20(2)33-26-7-8-32-30(37)29(26)28-16-22-15-25-23(17-27(22)34-28)18-36(31(25)38)12-6-11-35-9-4-5-10-35/h7-8,13,15,17,20H,4-6,9-12,14,16,18H2,1-3H3,(H2,32,33,37). The van der Waals surface area contributed by atoms with Gasteiger partial charge in [0.05, 0.1) is 22.6 Å². The first-order valence-electron chi connectivity index (χ1n) is 14.1. The number of benzene rings is 1. The van der Waals surface area contributed by atoms with Crippen LogP contribution in [-0.4, -0.2) is 58.6 Å². The van der Waals surface area contributed by atoms with Crippen LogP contribution in [0.3, 0.4) is 0 Å². The zero-order chi connectivity index (χ0) is 27.1. The molecule has 5 heterocycles. The fourth-order valence-corrected chi connectivity index (χ4v) is 7.32. The lowest BCUT2D eigenvalue weighted by molar-refractivity contribution is 0.0772. The highest BCUT2D eigenvalue weighted by atomic mass is 32.1. The zero-order valence-electron chi connectivity index (χ0n) is 23.1. The van der Waals surface area contributed by atoms with Crippen LogP contribution in [0.1, 0.15) is 68.6 Å². The number of thiophene rings is 1. The van der Waals surface area contributed by atoms with Crippen molar-refractivity contribution in [2.24, 2.45) is 4.99 Å². The second kappa shape index (κ2) is 10.7. The van der Waals surface area contributed by atoms with Gasteiger partial charge < -0.3 is 20.1 Å². The van der Waals surface area contributed by atoms with Crippen LogP contribution in [0.5, 0.6) is 0 Å². The Labute approximate surface area is 234 Å². The molecule has 0 saturated carbocycles. The molecule has 6 rings (SSSR count). The molecule has 1 saturated heterocycles. The number of amides is 1. The molecule has 0 bridgehead atoms. The fraction of sp³-hybridized carbons (Fsp3) is 0.452. The van der Waals surface area contributed by atoms with E-state index in [4.69, 9.17) is 4.99 Å². The molecule has 1 amide bonds. The molecule has 7 nitrogen and oxygen atoms in total. The lowest BCUT2D eigenvalue weighted by Crippen LogP contribution is -2.29. The van der Waals surface area contributed by atoms with Crippen molar-refractivity contribution in [3.63, 3.8) is 0 Å². The Hall–Kier alpha value is -3.23. The van der Waals surface area contributed by atoms with Crippen molar-refractivity contribution in [3.8, 4) is 0 Å². The smallest absolute Gasteiger partial charge is 0.259 e. The fourth-order valence-electron chi connectivity index (χ4n) is 6.14. The number of anilines is 1. The first-order valence-corrected chi connectivity index (χ1v) is 15.0. The Morgan fingerprint density at radius 1 is 1.10 bits per heavy atom. The number of pyridine rings is 1.